The van der Waals surface area contributed by atoms with Gasteiger partial charge in [0, 0.05) is 24.3 Å². The van der Waals surface area contributed by atoms with E-state index in [9.17, 15) is 4.79 Å². The van der Waals surface area contributed by atoms with E-state index >= 15 is 0 Å². The van der Waals surface area contributed by atoms with Gasteiger partial charge < -0.3 is 20.5 Å². The third-order valence-electron chi connectivity index (χ3n) is 3.61. The van der Waals surface area contributed by atoms with Gasteiger partial charge in [-0.2, -0.15) is 0 Å². The van der Waals surface area contributed by atoms with Crippen LogP contribution in [0.5, 0.6) is 5.75 Å². The normalized spacial score (nSPS) is 14.8. The number of nitrogen functional groups attached to an aromatic ring is 1. The van der Waals surface area contributed by atoms with Gasteiger partial charge >= 0.3 is 0 Å². The number of carbonyl (C=O) groups excluding carboxylic acids is 1. The summed E-state index contributed by atoms with van der Waals surface area (Å²) in [4.78, 5) is 14.2. The van der Waals surface area contributed by atoms with Crippen molar-refractivity contribution in [2.75, 3.05) is 26.0 Å². The number of nitrogens with zero attached hydrogens (tertiary/aromatic N) is 1. The van der Waals surface area contributed by atoms with Gasteiger partial charge in [-0.25, -0.2) is 0 Å². The van der Waals surface area contributed by atoms with Gasteiger partial charge in [0.05, 0.1) is 19.3 Å². The standard InChI is InChI=1S/C14H20N2O3/c1-19-11-5-6-12(13(15)9-11)14(18)16(7-8-17)10-3-2-4-10/h5-6,9-10,17H,2-4,7-8,15H2,1H3. The molecule has 1 saturated carbocycles. The second-order valence-corrected chi connectivity index (χ2v) is 4.76. The maximum Gasteiger partial charge on any atom is 0.256 e. The van der Waals surface area contributed by atoms with Crippen LogP contribution in [0.3, 0.4) is 0 Å². The van der Waals surface area contributed by atoms with Crippen molar-refractivity contribution < 1.29 is 14.6 Å². The number of hydrogen-bond donors (Lipinski definition) is 2. The molecule has 104 valence electrons. The van der Waals surface area contributed by atoms with Crippen molar-refractivity contribution in [2.45, 2.75) is 25.3 Å². The molecule has 0 radical (unpaired) electrons. The topological polar surface area (TPSA) is 75.8 Å². The van der Waals surface area contributed by atoms with Gasteiger partial charge in [0.15, 0.2) is 0 Å². The highest BCUT2D eigenvalue weighted by molar-refractivity contribution is 5.99. The Kier molecular flexibility index (Phi) is 4.27. The van der Waals surface area contributed by atoms with Crippen molar-refractivity contribution >= 4 is 11.6 Å². The second-order valence-electron chi connectivity index (χ2n) is 4.76. The van der Waals surface area contributed by atoms with E-state index in [1.54, 1.807) is 30.2 Å². The molecule has 0 saturated heterocycles. The smallest absolute Gasteiger partial charge is 0.256 e. The first-order valence-electron chi connectivity index (χ1n) is 6.52. The van der Waals surface area contributed by atoms with Crippen LogP contribution in [0.15, 0.2) is 18.2 Å². The summed E-state index contributed by atoms with van der Waals surface area (Å²) in [6.07, 6.45) is 3.14. The molecule has 3 N–H and O–H groups in total. The highest BCUT2D eigenvalue weighted by Gasteiger charge is 2.29. The maximum absolute atomic E-state index is 12.5. The first kappa shape index (κ1) is 13.7. The van der Waals surface area contributed by atoms with E-state index in [1.807, 2.05) is 0 Å². The Morgan fingerprint density at radius 3 is 2.74 bits per heavy atom. The molecular weight excluding hydrogens is 244 g/mol. The molecule has 0 unspecified atom stereocenters. The average Bonchev–Trinajstić information content (AvgIpc) is 2.35. The van der Waals surface area contributed by atoms with E-state index in [1.165, 1.54) is 0 Å². The van der Waals surface area contributed by atoms with Crippen molar-refractivity contribution in [1.82, 2.24) is 4.90 Å². The predicted molar refractivity (Wildman–Crippen MR) is 73.2 cm³/mol. The van der Waals surface area contributed by atoms with Crippen LogP contribution in [0, 0.1) is 0 Å². The molecule has 0 heterocycles. The Balaban J connectivity index is 2.20. The Labute approximate surface area is 113 Å². The SMILES string of the molecule is COc1ccc(C(=O)N(CCO)C2CCC2)c(N)c1. The minimum Gasteiger partial charge on any atom is -0.497 e. The van der Waals surface area contributed by atoms with E-state index < -0.39 is 0 Å². The quantitative estimate of drug-likeness (QED) is 0.785. The van der Waals surface area contributed by atoms with Crippen molar-refractivity contribution in [2.24, 2.45) is 0 Å². The van der Waals surface area contributed by atoms with Crippen LogP contribution in [0.1, 0.15) is 29.6 Å². The van der Waals surface area contributed by atoms with Crippen LogP contribution in [0.2, 0.25) is 0 Å². The van der Waals surface area contributed by atoms with Gasteiger partial charge in [-0.05, 0) is 31.4 Å². The van der Waals surface area contributed by atoms with Crippen molar-refractivity contribution in [3.05, 3.63) is 23.8 Å². The van der Waals surface area contributed by atoms with Gasteiger partial charge in [0.2, 0.25) is 0 Å². The van der Waals surface area contributed by atoms with E-state index in [2.05, 4.69) is 0 Å². The van der Waals surface area contributed by atoms with Crippen LogP contribution in [-0.4, -0.2) is 42.2 Å². The highest BCUT2D eigenvalue weighted by atomic mass is 16.5. The molecule has 1 aromatic rings. The van der Waals surface area contributed by atoms with Crippen LogP contribution in [0.25, 0.3) is 0 Å². The fourth-order valence-electron chi connectivity index (χ4n) is 2.27. The molecule has 0 spiro atoms. The van der Waals surface area contributed by atoms with Crippen LogP contribution in [0.4, 0.5) is 5.69 Å². The number of hydrogen-bond acceptors (Lipinski definition) is 4. The molecule has 19 heavy (non-hydrogen) atoms. The second kappa shape index (κ2) is 5.93. The molecule has 0 bridgehead atoms. The Morgan fingerprint density at radius 1 is 1.53 bits per heavy atom. The van der Waals surface area contributed by atoms with Gasteiger partial charge in [0.1, 0.15) is 5.75 Å². The minimum absolute atomic E-state index is 0.0295. The number of nitrogens with two attached hydrogens (primary N) is 1. The molecule has 0 aliphatic heterocycles. The average molecular weight is 264 g/mol. The third-order valence-corrected chi connectivity index (χ3v) is 3.61. The zero-order valence-electron chi connectivity index (χ0n) is 11.1. The fraction of sp³-hybridized carbons (Fsp3) is 0.500. The van der Waals surface area contributed by atoms with Gasteiger partial charge in [0.25, 0.3) is 5.91 Å². The molecule has 1 aliphatic rings. The summed E-state index contributed by atoms with van der Waals surface area (Å²) < 4.78 is 5.07. The summed E-state index contributed by atoms with van der Waals surface area (Å²) >= 11 is 0. The van der Waals surface area contributed by atoms with Crippen molar-refractivity contribution in [3.63, 3.8) is 0 Å². The first-order valence-corrected chi connectivity index (χ1v) is 6.52. The lowest BCUT2D eigenvalue weighted by Crippen LogP contribution is -2.45. The molecule has 1 aromatic carbocycles. The number of aliphatic hydroxyl groups excluding tert-OH is 1. The molecule has 0 atom stereocenters. The summed E-state index contributed by atoms with van der Waals surface area (Å²) in [6.45, 7) is 0.327. The lowest BCUT2D eigenvalue weighted by atomic mass is 9.91. The minimum atomic E-state index is -0.112. The lowest BCUT2D eigenvalue weighted by molar-refractivity contribution is 0.0527. The number of carbonyl (C=O) groups is 1. The predicted octanol–water partition coefficient (Wildman–Crippen LogP) is 1.26. The summed E-state index contributed by atoms with van der Waals surface area (Å²) in [7, 11) is 1.56. The number of amides is 1. The van der Waals surface area contributed by atoms with E-state index in [-0.39, 0.29) is 18.6 Å². The number of anilines is 1. The van der Waals surface area contributed by atoms with Gasteiger partial charge in [-0.3, -0.25) is 4.79 Å². The Morgan fingerprint density at radius 2 is 2.26 bits per heavy atom. The van der Waals surface area contributed by atoms with E-state index in [0.717, 1.165) is 19.3 Å². The van der Waals surface area contributed by atoms with Crippen LogP contribution < -0.4 is 10.5 Å². The number of aliphatic hydroxyl groups is 1. The Hall–Kier alpha value is -1.75. The van der Waals surface area contributed by atoms with Gasteiger partial charge in [-0.1, -0.05) is 0 Å². The third kappa shape index (κ3) is 2.81. The first-order chi connectivity index (χ1) is 9.17. The molecule has 5 nitrogen and oxygen atoms in total. The summed E-state index contributed by atoms with van der Waals surface area (Å²) in [6, 6.07) is 5.28. The molecule has 2 rings (SSSR count). The number of ether oxygens (including phenoxy) is 1. The van der Waals surface area contributed by atoms with Crippen molar-refractivity contribution in [3.8, 4) is 5.75 Å². The monoisotopic (exact) mass is 264 g/mol. The number of rotatable bonds is 5. The lowest BCUT2D eigenvalue weighted by Gasteiger charge is -2.37. The van der Waals surface area contributed by atoms with E-state index in [0.29, 0.717) is 23.5 Å². The number of methoxy groups -OCH3 is 1. The zero-order valence-corrected chi connectivity index (χ0v) is 11.1. The molecule has 1 aliphatic carbocycles. The molecule has 0 aromatic heterocycles. The van der Waals surface area contributed by atoms with Crippen molar-refractivity contribution in [1.29, 1.82) is 0 Å². The zero-order chi connectivity index (χ0) is 13.8. The van der Waals surface area contributed by atoms with E-state index in [4.69, 9.17) is 15.6 Å². The fourth-order valence-corrected chi connectivity index (χ4v) is 2.27. The van der Waals surface area contributed by atoms with Gasteiger partial charge in [-0.15, -0.1) is 0 Å². The number of benzene rings is 1. The Bertz CT molecular complexity index is 458. The summed E-state index contributed by atoms with van der Waals surface area (Å²) in [5, 5.41) is 9.11. The maximum atomic E-state index is 12.5. The molecule has 1 fully saturated rings. The highest BCUT2D eigenvalue weighted by Crippen LogP contribution is 2.28. The largest absolute Gasteiger partial charge is 0.497 e. The van der Waals surface area contributed by atoms with Crippen LogP contribution >= 0.6 is 0 Å². The molecular formula is C14H20N2O3. The molecule has 1 amide bonds. The van der Waals surface area contributed by atoms with Crippen LogP contribution in [-0.2, 0) is 0 Å². The molecule has 5 heteroatoms. The summed E-state index contributed by atoms with van der Waals surface area (Å²) in [5.74, 6) is 0.519. The summed E-state index contributed by atoms with van der Waals surface area (Å²) in [5.41, 5.74) is 6.78.